The predicted molar refractivity (Wildman–Crippen MR) is 71.3 cm³/mol. The summed E-state index contributed by atoms with van der Waals surface area (Å²) < 4.78 is 1.12. The maximum absolute atomic E-state index is 9.19. The Hall–Kier alpha value is -0.100. The normalized spacial score (nSPS) is 13.3. The van der Waals surface area contributed by atoms with Gasteiger partial charge in [-0.25, -0.2) is 4.98 Å². The van der Waals surface area contributed by atoms with Gasteiger partial charge in [-0.05, 0) is 13.3 Å². The van der Waals surface area contributed by atoms with Gasteiger partial charge in [-0.2, -0.15) is 0 Å². The minimum atomic E-state index is 0.202. The fraction of sp³-hybridized carbons (Fsp3) is 0.727. The number of aliphatic hydroxyl groups excluding tert-OH is 1. The second-order valence-corrected chi connectivity index (χ2v) is 6.29. The van der Waals surface area contributed by atoms with Crippen LogP contribution in [0.2, 0.25) is 0 Å². The lowest BCUT2D eigenvalue weighted by molar-refractivity contribution is 0.232. The molecule has 16 heavy (non-hydrogen) atoms. The van der Waals surface area contributed by atoms with E-state index in [0.717, 1.165) is 22.2 Å². The van der Waals surface area contributed by atoms with Crippen LogP contribution in [0.5, 0.6) is 0 Å². The average Bonchev–Trinajstić information content (AvgIpc) is 2.62. The van der Waals surface area contributed by atoms with E-state index in [0.29, 0.717) is 6.04 Å². The molecule has 0 saturated carbocycles. The Bertz CT molecular complexity index is 302. The number of aryl methyl sites for hydroxylation is 1. The van der Waals surface area contributed by atoms with E-state index in [1.54, 1.807) is 23.1 Å². The van der Waals surface area contributed by atoms with Crippen molar-refractivity contribution in [1.29, 1.82) is 0 Å². The zero-order valence-electron chi connectivity index (χ0n) is 10.1. The molecule has 5 heteroatoms. The number of thiazole rings is 1. The molecule has 0 bridgehead atoms. The molecule has 0 amide bonds. The molecule has 0 aliphatic rings. The number of aromatic nitrogens is 1. The predicted octanol–water partition coefficient (Wildman–Crippen LogP) is 2.29. The van der Waals surface area contributed by atoms with Crippen molar-refractivity contribution in [2.75, 3.05) is 12.4 Å². The molecule has 0 spiro atoms. The molecule has 92 valence electrons. The summed E-state index contributed by atoms with van der Waals surface area (Å²) >= 11 is 3.46. The molecule has 1 unspecified atom stereocenters. The number of aliphatic hydroxyl groups is 1. The molecule has 1 heterocycles. The lowest BCUT2D eigenvalue weighted by Crippen LogP contribution is -2.37. The summed E-state index contributed by atoms with van der Waals surface area (Å²) in [6.07, 6.45) is 0.970. The standard InChI is InChI=1S/C11H20N2OS2/c1-8(2)12-10(6-14)4-5-15-11-13-9(3)7-16-11/h7-8,10,12,14H,4-6H2,1-3H3. The van der Waals surface area contributed by atoms with Crippen LogP contribution >= 0.6 is 23.1 Å². The summed E-state index contributed by atoms with van der Waals surface area (Å²) in [5, 5.41) is 14.6. The van der Waals surface area contributed by atoms with Crippen LogP contribution in [-0.2, 0) is 0 Å². The molecule has 0 fully saturated rings. The highest BCUT2D eigenvalue weighted by atomic mass is 32.2. The summed E-state index contributed by atoms with van der Waals surface area (Å²) in [6, 6.07) is 0.623. The van der Waals surface area contributed by atoms with Gasteiger partial charge in [-0.15, -0.1) is 11.3 Å². The van der Waals surface area contributed by atoms with E-state index >= 15 is 0 Å². The van der Waals surface area contributed by atoms with Crippen LogP contribution in [0.25, 0.3) is 0 Å². The summed E-state index contributed by atoms with van der Waals surface area (Å²) in [5.41, 5.74) is 1.09. The number of nitrogens with zero attached hydrogens (tertiary/aromatic N) is 1. The van der Waals surface area contributed by atoms with Gasteiger partial charge in [0.2, 0.25) is 0 Å². The first-order valence-electron chi connectivity index (χ1n) is 5.53. The molecule has 2 N–H and O–H groups in total. The lowest BCUT2D eigenvalue weighted by Gasteiger charge is -2.18. The number of rotatable bonds is 7. The zero-order chi connectivity index (χ0) is 12.0. The van der Waals surface area contributed by atoms with E-state index in [1.165, 1.54) is 0 Å². The van der Waals surface area contributed by atoms with Crippen LogP contribution in [0.1, 0.15) is 26.0 Å². The maximum atomic E-state index is 9.19. The SMILES string of the molecule is Cc1csc(SCCC(CO)NC(C)C)n1. The van der Waals surface area contributed by atoms with Crippen molar-refractivity contribution in [2.45, 2.75) is 43.6 Å². The molecule has 0 radical (unpaired) electrons. The molecule has 0 saturated heterocycles. The third-order valence-electron chi connectivity index (χ3n) is 2.08. The smallest absolute Gasteiger partial charge is 0.150 e. The Morgan fingerprint density at radius 3 is 2.81 bits per heavy atom. The highest BCUT2D eigenvalue weighted by molar-refractivity contribution is 8.01. The summed E-state index contributed by atoms with van der Waals surface area (Å²) in [6.45, 7) is 6.41. The van der Waals surface area contributed by atoms with E-state index in [1.807, 2.05) is 6.92 Å². The Labute approximate surface area is 106 Å². The first kappa shape index (κ1) is 14.0. The lowest BCUT2D eigenvalue weighted by atomic mass is 10.2. The van der Waals surface area contributed by atoms with Gasteiger partial charge in [0.15, 0.2) is 0 Å². The van der Waals surface area contributed by atoms with Gasteiger partial charge in [-0.3, -0.25) is 0 Å². The average molecular weight is 260 g/mol. The van der Waals surface area contributed by atoms with Crippen molar-refractivity contribution in [3.8, 4) is 0 Å². The van der Waals surface area contributed by atoms with E-state index in [2.05, 4.69) is 29.5 Å². The van der Waals surface area contributed by atoms with E-state index in [-0.39, 0.29) is 12.6 Å². The summed E-state index contributed by atoms with van der Waals surface area (Å²) in [4.78, 5) is 4.39. The molecule has 1 aromatic rings. The highest BCUT2D eigenvalue weighted by Gasteiger charge is 2.09. The molecule has 0 aliphatic carbocycles. The van der Waals surface area contributed by atoms with Gasteiger partial charge in [0.25, 0.3) is 0 Å². The Morgan fingerprint density at radius 1 is 1.56 bits per heavy atom. The van der Waals surface area contributed by atoms with Crippen LogP contribution in [0.3, 0.4) is 0 Å². The maximum Gasteiger partial charge on any atom is 0.150 e. The molecular formula is C11H20N2OS2. The monoisotopic (exact) mass is 260 g/mol. The van der Waals surface area contributed by atoms with Gasteiger partial charge >= 0.3 is 0 Å². The number of hydrogen-bond acceptors (Lipinski definition) is 5. The highest BCUT2D eigenvalue weighted by Crippen LogP contribution is 2.23. The summed E-state index contributed by atoms with van der Waals surface area (Å²) in [7, 11) is 0. The van der Waals surface area contributed by atoms with Crippen LogP contribution in [0.4, 0.5) is 0 Å². The van der Waals surface area contributed by atoms with Gasteiger partial charge in [0.1, 0.15) is 4.34 Å². The quantitative estimate of drug-likeness (QED) is 0.738. The number of thioether (sulfide) groups is 1. The fourth-order valence-electron chi connectivity index (χ4n) is 1.39. The Kier molecular flexibility index (Phi) is 6.34. The minimum absolute atomic E-state index is 0.202. The number of nitrogens with one attached hydrogen (secondary N) is 1. The van der Waals surface area contributed by atoms with E-state index in [4.69, 9.17) is 0 Å². The van der Waals surface area contributed by atoms with Crippen molar-refractivity contribution < 1.29 is 5.11 Å². The minimum Gasteiger partial charge on any atom is -0.395 e. The molecule has 0 aromatic carbocycles. The Morgan fingerprint density at radius 2 is 2.31 bits per heavy atom. The topological polar surface area (TPSA) is 45.1 Å². The molecule has 1 atom stereocenters. The van der Waals surface area contributed by atoms with Crippen LogP contribution < -0.4 is 5.32 Å². The van der Waals surface area contributed by atoms with Crippen molar-refractivity contribution >= 4 is 23.1 Å². The summed E-state index contributed by atoms with van der Waals surface area (Å²) in [5.74, 6) is 0.998. The largest absolute Gasteiger partial charge is 0.395 e. The fourth-order valence-corrected chi connectivity index (χ4v) is 3.36. The molecular weight excluding hydrogens is 240 g/mol. The molecule has 1 rings (SSSR count). The molecule has 1 aromatic heterocycles. The van der Waals surface area contributed by atoms with Gasteiger partial charge in [-0.1, -0.05) is 25.6 Å². The molecule has 0 aliphatic heterocycles. The van der Waals surface area contributed by atoms with Crippen molar-refractivity contribution in [3.05, 3.63) is 11.1 Å². The van der Waals surface area contributed by atoms with E-state index < -0.39 is 0 Å². The van der Waals surface area contributed by atoms with E-state index in [9.17, 15) is 5.11 Å². The third-order valence-corrected chi connectivity index (χ3v) is 4.25. The van der Waals surface area contributed by atoms with Crippen LogP contribution in [-0.4, -0.2) is 34.5 Å². The first-order valence-corrected chi connectivity index (χ1v) is 7.40. The second kappa shape index (κ2) is 7.27. The van der Waals surface area contributed by atoms with Crippen LogP contribution in [0.15, 0.2) is 9.72 Å². The Balaban J connectivity index is 2.23. The van der Waals surface area contributed by atoms with Crippen LogP contribution in [0, 0.1) is 6.92 Å². The third kappa shape index (κ3) is 5.30. The zero-order valence-corrected chi connectivity index (χ0v) is 11.7. The van der Waals surface area contributed by atoms with Crippen molar-refractivity contribution in [1.82, 2.24) is 10.3 Å². The van der Waals surface area contributed by atoms with Crippen molar-refractivity contribution in [3.63, 3.8) is 0 Å². The van der Waals surface area contributed by atoms with Gasteiger partial charge in [0.05, 0.1) is 6.61 Å². The molecule has 3 nitrogen and oxygen atoms in total. The van der Waals surface area contributed by atoms with Gasteiger partial charge in [0, 0.05) is 28.9 Å². The first-order chi connectivity index (χ1) is 7.61. The van der Waals surface area contributed by atoms with Gasteiger partial charge < -0.3 is 10.4 Å². The second-order valence-electron chi connectivity index (χ2n) is 4.09. The van der Waals surface area contributed by atoms with Crippen molar-refractivity contribution in [2.24, 2.45) is 0 Å². The number of hydrogen-bond donors (Lipinski definition) is 2.